The summed E-state index contributed by atoms with van der Waals surface area (Å²) in [7, 11) is 0. The molecule has 0 aromatic rings. The molecular weight excluding hydrogens is 156 g/mol. The number of nitrogens with one attached hydrogen (secondary N) is 2. The standard InChI is InChI=1S/C8H16N2O2/c1-6(11)8(12)10-5-7-2-3-9-4-7/h6-7,9,11H,2-5H2,1H3,(H,10,12)/t6-,7-/m1/s1. The Bertz CT molecular complexity index is 153. The first kappa shape index (κ1) is 9.48. The van der Waals surface area contributed by atoms with Gasteiger partial charge in [-0.1, -0.05) is 0 Å². The molecule has 0 unspecified atom stereocenters. The molecule has 1 aliphatic heterocycles. The zero-order valence-electron chi connectivity index (χ0n) is 7.34. The zero-order chi connectivity index (χ0) is 8.97. The Hall–Kier alpha value is -0.610. The number of carbonyl (C=O) groups is 1. The molecule has 1 aliphatic rings. The number of aliphatic hydroxyl groups is 1. The van der Waals surface area contributed by atoms with E-state index in [0.29, 0.717) is 12.5 Å². The van der Waals surface area contributed by atoms with Gasteiger partial charge in [-0.15, -0.1) is 0 Å². The van der Waals surface area contributed by atoms with Gasteiger partial charge in [0.25, 0.3) is 0 Å². The second-order valence-corrected chi connectivity index (χ2v) is 3.28. The van der Waals surface area contributed by atoms with E-state index in [4.69, 9.17) is 5.11 Å². The molecule has 0 aliphatic carbocycles. The summed E-state index contributed by atoms with van der Waals surface area (Å²) in [6, 6.07) is 0. The third kappa shape index (κ3) is 2.79. The summed E-state index contributed by atoms with van der Waals surface area (Å²) in [5, 5.41) is 14.8. The van der Waals surface area contributed by atoms with E-state index in [1.165, 1.54) is 6.92 Å². The minimum absolute atomic E-state index is 0.276. The first-order valence-corrected chi connectivity index (χ1v) is 4.36. The molecule has 1 rings (SSSR count). The smallest absolute Gasteiger partial charge is 0.248 e. The maximum atomic E-state index is 10.9. The quantitative estimate of drug-likeness (QED) is 0.516. The van der Waals surface area contributed by atoms with E-state index in [0.717, 1.165) is 19.5 Å². The van der Waals surface area contributed by atoms with E-state index in [9.17, 15) is 4.79 Å². The maximum absolute atomic E-state index is 10.9. The molecule has 12 heavy (non-hydrogen) atoms. The summed E-state index contributed by atoms with van der Waals surface area (Å²) < 4.78 is 0. The number of hydrogen-bond donors (Lipinski definition) is 3. The average molecular weight is 172 g/mol. The largest absolute Gasteiger partial charge is 0.384 e. The van der Waals surface area contributed by atoms with Gasteiger partial charge in [0.1, 0.15) is 6.10 Å². The summed E-state index contributed by atoms with van der Waals surface area (Å²) in [4.78, 5) is 10.9. The van der Waals surface area contributed by atoms with E-state index in [2.05, 4.69) is 10.6 Å². The monoisotopic (exact) mass is 172 g/mol. The highest BCUT2D eigenvalue weighted by Crippen LogP contribution is 2.04. The van der Waals surface area contributed by atoms with Gasteiger partial charge in [-0.2, -0.15) is 0 Å². The number of carbonyl (C=O) groups excluding carboxylic acids is 1. The van der Waals surface area contributed by atoms with Crippen LogP contribution in [0.25, 0.3) is 0 Å². The van der Waals surface area contributed by atoms with Crippen molar-refractivity contribution >= 4 is 5.91 Å². The molecule has 1 amide bonds. The van der Waals surface area contributed by atoms with Crippen molar-refractivity contribution in [1.82, 2.24) is 10.6 Å². The fourth-order valence-corrected chi connectivity index (χ4v) is 1.28. The van der Waals surface area contributed by atoms with Crippen molar-refractivity contribution in [3.63, 3.8) is 0 Å². The van der Waals surface area contributed by atoms with Crippen molar-refractivity contribution in [1.29, 1.82) is 0 Å². The lowest BCUT2D eigenvalue weighted by Crippen LogP contribution is -2.36. The minimum Gasteiger partial charge on any atom is -0.384 e. The van der Waals surface area contributed by atoms with E-state index < -0.39 is 6.10 Å². The van der Waals surface area contributed by atoms with Crippen LogP contribution in [0.2, 0.25) is 0 Å². The van der Waals surface area contributed by atoms with Gasteiger partial charge in [-0.05, 0) is 32.4 Å². The third-order valence-electron chi connectivity index (χ3n) is 2.11. The third-order valence-corrected chi connectivity index (χ3v) is 2.11. The van der Waals surface area contributed by atoms with Crippen LogP contribution in [0.15, 0.2) is 0 Å². The second-order valence-electron chi connectivity index (χ2n) is 3.28. The lowest BCUT2D eigenvalue weighted by Gasteiger charge is -2.10. The Balaban J connectivity index is 2.12. The molecule has 0 saturated carbocycles. The van der Waals surface area contributed by atoms with Crippen LogP contribution in [0.5, 0.6) is 0 Å². The Kier molecular flexibility index (Phi) is 3.49. The van der Waals surface area contributed by atoms with Gasteiger partial charge < -0.3 is 15.7 Å². The molecule has 1 fully saturated rings. The second kappa shape index (κ2) is 4.42. The number of amides is 1. The maximum Gasteiger partial charge on any atom is 0.248 e. The molecule has 4 heteroatoms. The van der Waals surface area contributed by atoms with Crippen LogP contribution < -0.4 is 10.6 Å². The first-order valence-electron chi connectivity index (χ1n) is 4.36. The molecular formula is C8H16N2O2. The van der Waals surface area contributed by atoms with Crippen LogP contribution in [0, 0.1) is 5.92 Å². The molecule has 0 aromatic heterocycles. The normalized spacial score (nSPS) is 25.3. The molecule has 70 valence electrons. The van der Waals surface area contributed by atoms with Gasteiger partial charge in [-0.3, -0.25) is 4.79 Å². The van der Waals surface area contributed by atoms with E-state index in [1.54, 1.807) is 0 Å². The highest BCUT2D eigenvalue weighted by molar-refractivity contribution is 5.79. The SMILES string of the molecule is C[C@@H](O)C(=O)NC[C@@H]1CCNC1. The summed E-state index contributed by atoms with van der Waals surface area (Å²) in [6.45, 7) is 4.16. The Morgan fingerprint density at radius 2 is 2.58 bits per heavy atom. The van der Waals surface area contributed by atoms with E-state index in [-0.39, 0.29) is 5.91 Å². The predicted octanol–water partition coefficient (Wildman–Crippen LogP) is -0.907. The van der Waals surface area contributed by atoms with Crippen LogP contribution in [-0.4, -0.2) is 36.8 Å². The lowest BCUT2D eigenvalue weighted by molar-refractivity contribution is -0.128. The fraction of sp³-hybridized carbons (Fsp3) is 0.875. The summed E-state index contributed by atoms with van der Waals surface area (Å²) in [5.74, 6) is 0.259. The van der Waals surface area contributed by atoms with Crippen molar-refractivity contribution in [2.24, 2.45) is 5.92 Å². The van der Waals surface area contributed by atoms with Crippen LogP contribution in [0.4, 0.5) is 0 Å². The van der Waals surface area contributed by atoms with Gasteiger partial charge in [0.2, 0.25) is 5.91 Å². The van der Waals surface area contributed by atoms with Crippen molar-refractivity contribution in [2.45, 2.75) is 19.4 Å². The van der Waals surface area contributed by atoms with Crippen molar-refractivity contribution in [2.75, 3.05) is 19.6 Å². The molecule has 4 nitrogen and oxygen atoms in total. The van der Waals surface area contributed by atoms with Gasteiger partial charge in [0, 0.05) is 6.54 Å². The predicted molar refractivity (Wildman–Crippen MR) is 45.7 cm³/mol. The molecule has 1 heterocycles. The summed E-state index contributed by atoms with van der Waals surface area (Å²) in [5.41, 5.74) is 0. The van der Waals surface area contributed by atoms with Crippen LogP contribution in [0.3, 0.4) is 0 Å². The summed E-state index contributed by atoms with van der Waals surface area (Å²) >= 11 is 0. The minimum atomic E-state index is -0.889. The highest BCUT2D eigenvalue weighted by Gasteiger charge is 2.16. The summed E-state index contributed by atoms with van der Waals surface area (Å²) in [6.07, 6.45) is 0.222. The van der Waals surface area contributed by atoms with Gasteiger partial charge in [0.05, 0.1) is 0 Å². The van der Waals surface area contributed by atoms with Gasteiger partial charge in [-0.25, -0.2) is 0 Å². The molecule has 0 bridgehead atoms. The Morgan fingerprint density at radius 1 is 1.83 bits per heavy atom. The van der Waals surface area contributed by atoms with Gasteiger partial charge in [0.15, 0.2) is 0 Å². The topological polar surface area (TPSA) is 61.4 Å². The van der Waals surface area contributed by atoms with Crippen molar-refractivity contribution in [3.05, 3.63) is 0 Å². The molecule has 3 N–H and O–H groups in total. The molecule has 2 atom stereocenters. The average Bonchev–Trinajstić information content (AvgIpc) is 2.51. The van der Waals surface area contributed by atoms with Gasteiger partial charge >= 0.3 is 0 Å². The van der Waals surface area contributed by atoms with Crippen molar-refractivity contribution < 1.29 is 9.90 Å². The van der Waals surface area contributed by atoms with Crippen LogP contribution >= 0.6 is 0 Å². The number of rotatable bonds is 3. The van der Waals surface area contributed by atoms with Crippen LogP contribution in [-0.2, 0) is 4.79 Å². The van der Waals surface area contributed by atoms with E-state index >= 15 is 0 Å². The van der Waals surface area contributed by atoms with E-state index in [1.807, 2.05) is 0 Å². The Labute approximate surface area is 72.3 Å². The van der Waals surface area contributed by atoms with Crippen LogP contribution in [0.1, 0.15) is 13.3 Å². The first-order chi connectivity index (χ1) is 5.70. The number of hydrogen-bond acceptors (Lipinski definition) is 3. The lowest BCUT2D eigenvalue weighted by atomic mass is 10.1. The molecule has 1 saturated heterocycles. The molecule has 0 spiro atoms. The van der Waals surface area contributed by atoms with Crippen molar-refractivity contribution in [3.8, 4) is 0 Å². The Morgan fingerprint density at radius 3 is 3.08 bits per heavy atom. The molecule has 0 radical (unpaired) electrons. The highest BCUT2D eigenvalue weighted by atomic mass is 16.3. The number of aliphatic hydroxyl groups excluding tert-OH is 1. The molecule has 0 aromatic carbocycles. The fourth-order valence-electron chi connectivity index (χ4n) is 1.28. The zero-order valence-corrected chi connectivity index (χ0v) is 7.34.